The van der Waals surface area contributed by atoms with E-state index in [1.165, 1.54) is 5.56 Å². The molecule has 0 unspecified atom stereocenters. The van der Waals surface area contributed by atoms with E-state index in [1.807, 2.05) is 31.2 Å². The molecule has 2 aromatic carbocycles. The zero-order chi connectivity index (χ0) is 17.0. The Morgan fingerprint density at radius 2 is 1.78 bits per heavy atom. The van der Waals surface area contributed by atoms with Crippen molar-refractivity contribution in [3.8, 4) is 11.5 Å². The van der Waals surface area contributed by atoms with Gasteiger partial charge < -0.3 is 9.47 Å². The van der Waals surface area contributed by atoms with Gasteiger partial charge in [0.2, 0.25) is 0 Å². The normalized spacial score (nSPS) is 11.2. The average Bonchev–Trinajstić information content (AvgIpc) is 2.49. The molecule has 0 atom stereocenters. The fourth-order valence-corrected chi connectivity index (χ4v) is 2.58. The molecule has 0 aliphatic rings. The van der Waals surface area contributed by atoms with Gasteiger partial charge in [-0.2, -0.15) is 0 Å². The maximum atomic E-state index is 12.4. The van der Waals surface area contributed by atoms with E-state index in [4.69, 9.17) is 9.47 Å². The van der Waals surface area contributed by atoms with Crippen molar-refractivity contribution in [2.24, 2.45) is 0 Å². The predicted octanol–water partition coefficient (Wildman–Crippen LogP) is 5.36. The van der Waals surface area contributed by atoms with Crippen LogP contribution in [0.3, 0.4) is 0 Å². The minimum absolute atomic E-state index is 0.0343. The van der Waals surface area contributed by atoms with E-state index in [0.29, 0.717) is 23.7 Å². The van der Waals surface area contributed by atoms with Crippen LogP contribution in [0, 0.1) is 0 Å². The van der Waals surface area contributed by atoms with Crippen LogP contribution in [-0.4, -0.2) is 12.6 Å². The first-order chi connectivity index (χ1) is 10.8. The van der Waals surface area contributed by atoms with E-state index in [1.54, 1.807) is 18.2 Å². The van der Waals surface area contributed by atoms with Crippen LogP contribution in [-0.2, 0) is 5.41 Å². The van der Waals surface area contributed by atoms with Crippen LogP contribution >= 0.6 is 15.9 Å². The summed E-state index contributed by atoms with van der Waals surface area (Å²) in [6.07, 6.45) is 0. The summed E-state index contributed by atoms with van der Waals surface area (Å²) < 4.78 is 11.8. The highest BCUT2D eigenvalue weighted by Gasteiger charge is 2.18. The van der Waals surface area contributed by atoms with Crippen LogP contribution in [0.1, 0.15) is 43.6 Å². The summed E-state index contributed by atoms with van der Waals surface area (Å²) in [6, 6.07) is 12.8. The van der Waals surface area contributed by atoms with Crippen molar-refractivity contribution in [2.75, 3.05) is 6.61 Å². The van der Waals surface area contributed by atoms with E-state index >= 15 is 0 Å². The second kappa shape index (κ2) is 7.18. The number of esters is 1. The van der Waals surface area contributed by atoms with Gasteiger partial charge in [0.1, 0.15) is 17.1 Å². The molecule has 0 fully saturated rings. The summed E-state index contributed by atoms with van der Waals surface area (Å²) >= 11 is 3.48. The zero-order valence-corrected chi connectivity index (χ0v) is 15.4. The van der Waals surface area contributed by atoms with Gasteiger partial charge in [0.25, 0.3) is 0 Å². The quantitative estimate of drug-likeness (QED) is 0.531. The van der Waals surface area contributed by atoms with Gasteiger partial charge in [-0.05, 0) is 58.1 Å². The Kier molecular flexibility index (Phi) is 5.47. The first kappa shape index (κ1) is 17.5. The molecule has 3 nitrogen and oxygen atoms in total. The largest absolute Gasteiger partial charge is 0.493 e. The lowest BCUT2D eigenvalue weighted by atomic mass is 9.87. The molecular weight excluding hydrogens is 356 g/mol. The molecule has 122 valence electrons. The Morgan fingerprint density at radius 3 is 2.39 bits per heavy atom. The van der Waals surface area contributed by atoms with E-state index < -0.39 is 5.97 Å². The number of benzene rings is 2. The molecule has 0 bridgehead atoms. The lowest BCUT2D eigenvalue weighted by molar-refractivity contribution is 0.0729. The van der Waals surface area contributed by atoms with Gasteiger partial charge in [-0.3, -0.25) is 0 Å². The standard InChI is InChI=1S/C19H21BrO3/c1-5-22-16-9-7-6-8-14(16)18(21)23-17-11-10-13(12-15(17)20)19(2,3)4/h6-12H,5H2,1-4H3. The zero-order valence-electron chi connectivity index (χ0n) is 13.9. The fraction of sp³-hybridized carbons (Fsp3) is 0.316. The van der Waals surface area contributed by atoms with Crippen LogP contribution in [0.15, 0.2) is 46.9 Å². The van der Waals surface area contributed by atoms with E-state index in [9.17, 15) is 4.79 Å². The molecule has 2 aromatic rings. The van der Waals surface area contributed by atoms with Crippen molar-refractivity contribution < 1.29 is 14.3 Å². The second-order valence-corrected chi connectivity index (χ2v) is 7.07. The van der Waals surface area contributed by atoms with Gasteiger partial charge in [0.05, 0.1) is 11.1 Å². The summed E-state index contributed by atoms with van der Waals surface area (Å²) in [5, 5.41) is 0. The highest BCUT2D eigenvalue weighted by molar-refractivity contribution is 9.10. The van der Waals surface area contributed by atoms with Crippen molar-refractivity contribution >= 4 is 21.9 Å². The smallest absolute Gasteiger partial charge is 0.347 e. The topological polar surface area (TPSA) is 35.5 Å². The molecule has 0 amide bonds. The maximum absolute atomic E-state index is 12.4. The van der Waals surface area contributed by atoms with Crippen molar-refractivity contribution in [3.05, 3.63) is 58.1 Å². The van der Waals surface area contributed by atoms with Crippen LogP contribution in [0.4, 0.5) is 0 Å². The lowest BCUT2D eigenvalue weighted by Crippen LogP contribution is -2.13. The third-order valence-electron chi connectivity index (χ3n) is 3.41. The fourth-order valence-electron chi connectivity index (χ4n) is 2.12. The Bertz CT molecular complexity index is 702. The van der Waals surface area contributed by atoms with Gasteiger partial charge in [-0.25, -0.2) is 4.79 Å². The molecule has 2 rings (SSSR count). The number of ether oxygens (including phenoxy) is 2. The van der Waals surface area contributed by atoms with Crippen LogP contribution < -0.4 is 9.47 Å². The molecule has 4 heteroatoms. The van der Waals surface area contributed by atoms with E-state index in [2.05, 4.69) is 36.7 Å². The van der Waals surface area contributed by atoms with Gasteiger partial charge in [0, 0.05) is 0 Å². The van der Waals surface area contributed by atoms with Gasteiger partial charge in [0.15, 0.2) is 0 Å². The summed E-state index contributed by atoms with van der Waals surface area (Å²) in [5.41, 5.74) is 1.62. The van der Waals surface area contributed by atoms with E-state index in [0.717, 1.165) is 4.47 Å². The number of para-hydroxylation sites is 1. The molecule has 0 aliphatic carbocycles. The van der Waals surface area contributed by atoms with Gasteiger partial charge in [-0.1, -0.05) is 39.0 Å². The van der Waals surface area contributed by atoms with Crippen LogP contribution in [0.25, 0.3) is 0 Å². The predicted molar refractivity (Wildman–Crippen MR) is 95.4 cm³/mol. The Hall–Kier alpha value is -1.81. The molecule has 0 heterocycles. The number of hydrogen-bond donors (Lipinski definition) is 0. The second-order valence-electron chi connectivity index (χ2n) is 6.21. The minimum atomic E-state index is -0.432. The lowest BCUT2D eigenvalue weighted by Gasteiger charge is -2.20. The molecular formula is C19H21BrO3. The molecule has 0 saturated carbocycles. The van der Waals surface area contributed by atoms with Crippen molar-refractivity contribution in [1.29, 1.82) is 0 Å². The third kappa shape index (κ3) is 4.35. The van der Waals surface area contributed by atoms with E-state index in [-0.39, 0.29) is 5.41 Å². The van der Waals surface area contributed by atoms with Gasteiger partial charge >= 0.3 is 5.97 Å². The Balaban J connectivity index is 2.24. The van der Waals surface area contributed by atoms with Crippen molar-refractivity contribution in [3.63, 3.8) is 0 Å². The molecule has 0 saturated heterocycles. The Morgan fingerprint density at radius 1 is 1.09 bits per heavy atom. The number of carbonyl (C=O) groups excluding carboxylic acids is 1. The minimum Gasteiger partial charge on any atom is -0.493 e. The average molecular weight is 377 g/mol. The first-order valence-corrected chi connectivity index (χ1v) is 8.36. The molecule has 0 aliphatic heterocycles. The molecule has 0 radical (unpaired) electrons. The highest BCUT2D eigenvalue weighted by Crippen LogP contribution is 2.32. The van der Waals surface area contributed by atoms with Gasteiger partial charge in [-0.15, -0.1) is 0 Å². The number of hydrogen-bond acceptors (Lipinski definition) is 3. The van der Waals surface area contributed by atoms with Crippen molar-refractivity contribution in [2.45, 2.75) is 33.1 Å². The molecule has 23 heavy (non-hydrogen) atoms. The number of halogens is 1. The summed E-state index contributed by atoms with van der Waals surface area (Å²) in [7, 11) is 0. The van der Waals surface area contributed by atoms with Crippen LogP contribution in [0.5, 0.6) is 11.5 Å². The molecule has 0 N–H and O–H groups in total. The number of carbonyl (C=O) groups is 1. The molecule has 0 aromatic heterocycles. The van der Waals surface area contributed by atoms with Crippen molar-refractivity contribution in [1.82, 2.24) is 0 Å². The highest BCUT2D eigenvalue weighted by atomic mass is 79.9. The maximum Gasteiger partial charge on any atom is 0.347 e. The summed E-state index contributed by atoms with van der Waals surface area (Å²) in [5.74, 6) is 0.593. The number of rotatable bonds is 4. The first-order valence-electron chi connectivity index (χ1n) is 7.57. The summed E-state index contributed by atoms with van der Waals surface area (Å²) in [6.45, 7) is 8.79. The Labute approximate surface area is 145 Å². The monoisotopic (exact) mass is 376 g/mol. The summed E-state index contributed by atoms with van der Waals surface area (Å²) in [4.78, 5) is 12.4. The third-order valence-corrected chi connectivity index (χ3v) is 4.03. The SMILES string of the molecule is CCOc1ccccc1C(=O)Oc1ccc(C(C)(C)C)cc1Br. The van der Waals surface area contributed by atoms with Crippen LogP contribution in [0.2, 0.25) is 0 Å². The molecule has 0 spiro atoms.